The van der Waals surface area contributed by atoms with Crippen molar-refractivity contribution in [2.45, 2.75) is 33.9 Å². The van der Waals surface area contributed by atoms with Crippen molar-refractivity contribution in [3.63, 3.8) is 0 Å². The topological polar surface area (TPSA) is 31.4 Å². The van der Waals surface area contributed by atoms with Gasteiger partial charge in [-0.1, -0.05) is 19.9 Å². The molecule has 0 aliphatic carbocycles. The second-order valence-corrected chi connectivity index (χ2v) is 8.12. The molecule has 1 aromatic rings. The number of hydrogen-bond acceptors (Lipinski definition) is 3. The largest absolute Gasteiger partial charge is 0.506 e. The molecule has 0 unspecified atom stereocenters. The highest BCUT2D eigenvalue weighted by atomic mass is 28.4. The van der Waals surface area contributed by atoms with Crippen LogP contribution in [0.4, 0.5) is 0 Å². The Labute approximate surface area is 99.1 Å². The second kappa shape index (κ2) is 5.45. The zero-order valence-corrected chi connectivity index (χ0v) is 11.8. The lowest BCUT2D eigenvalue weighted by Crippen LogP contribution is -2.39. The maximum absolute atomic E-state index is 5.84. The minimum absolute atomic E-state index is 0.529. The van der Waals surface area contributed by atoms with E-state index in [0.717, 1.165) is 12.3 Å². The van der Waals surface area contributed by atoms with E-state index in [1.165, 1.54) is 0 Å². The molecule has 0 saturated carbocycles. The maximum Gasteiger partial charge on any atom is 0.393 e. The van der Waals surface area contributed by atoms with Gasteiger partial charge in [-0.15, -0.1) is 0 Å². The standard InChI is InChI=1S/C12H21NO2Si/c1-10(2)9-14-16(4,5)15-12-8-6-7-11(3)13-12/h6-8,10H,9H2,1-5H3. The maximum atomic E-state index is 5.84. The zero-order valence-electron chi connectivity index (χ0n) is 10.8. The molecule has 0 saturated heterocycles. The van der Waals surface area contributed by atoms with Gasteiger partial charge in [0.05, 0.1) is 0 Å². The number of rotatable bonds is 5. The van der Waals surface area contributed by atoms with Crippen molar-refractivity contribution in [1.82, 2.24) is 4.98 Å². The molecule has 0 spiro atoms. The second-order valence-electron chi connectivity index (χ2n) is 4.82. The molecule has 1 rings (SSSR count). The zero-order chi connectivity index (χ0) is 12.2. The summed E-state index contributed by atoms with van der Waals surface area (Å²) in [6.45, 7) is 11.0. The molecule has 0 aromatic carbocycles. The van der Waals surface area contributed by atoms with Gasteiger partial charge in [0.25, 0.3) is 0 Å². The van der Waals surface area contributed by atoms with Gasteiger partial charge in [0.15, 0.2) is 0 Å². The summed E-state index contributed by atoms with van der Waals surface area (Å²) in [4.78, 5) is 4.32. The lowest BCUT2D eigenvalue weighted by Gasteiger charge is -2.24. The molecular weight excluding hydrogens is 218 g/mol. The summed E-state index contributed by atoms with van der Waals surface area (Å²) in [6, 6.07) is 5.78. The van der Waals surface area contributed by atoms with Crippen LogP contribution >= 0.6 is 0 Å². The van der Waals surface area contributed by atoms with Crippen LogP contribution < -0.4 is 4.43 Å². The number of hydrogen-bond donors (Lipinski definition) is 0. The van der Waals surface area contributed by atoms with Crippen molar-refractivity contribution in [3.05, 3.63) is 23.9 Å². The Morgan fingerprint density at radius 1 is 1.31 bits per heavy atom. The number of pyridine rings is 1. The van der Waals surface area contributed by atoms with Gasteiger partial charge in [0.2, 0.25) is 5.88 Å². The molecule has 0 bridgehead atoms. The minimum Gasteiger partial charge on any atom is -0.506 e. The SMILES string of the molecule is Cc1cccc(O[Si](C)(C)OCC(C)C)n1. The highest BCUT2D eigenvalue weighted by Crippen LogP contribution is 2.15. The van der Waals surface area contributed by atoms with Crippen LogP contribution in [0.25, 0.3) is 0 Å². The summed E-state index contributed by atoms with van der Waals surface area (Å²) in [5, 5.41) is 0. The lowest BCUT2D eigenvalue weighted by atomic mass is 10.2. The summed E-state index contributed by atoms with van der Waals surface area (Å²) < 4.78 is 11.6. The van der Waals surface area contributed by atoms with E-state index < -0.39 is 8.56 Å². The van der Waals surface area contributed by atoms with Crippen molar-refractivity contribution >= 4 is 8.56 Å². The number of nitrogens with zero attached hydrogens (tertiary/aromatic N) is 1. The van der Waals surface area contributed by atoms with Gasteiger partial charge in [-0.3, -0.25) is 0 Å². The smallest absolute Gasteiger partial charge is 0.393 e. The van der Waals surface area contributed by atoms with Crippen LogP contribution in [0.15, 0.2) is 18.2 Å². The van der Waals surface area contributed by atoms with E-state index in [9.17, 15) is 0 Å². The summed E-state index contributed by atoms with van der Waals surface area (Å²) in [7, 11) is -2.09. The average molecular weight is 239 g/mol. The Morgan fingerprint density at radius 3 is 2.56 bits per heavy atom. The molecule has 16 heavy (non-hydrogen) atoms. The monoisotopic (exact) mass is 239 g/mol. The van der Waals surface area contributed by atoms with Crippen molar-refractivity contribution < 1.29 is 8.85 Å². The molecule has 0 fully saturated rings. The molecule has 0 atom stereocenters. The van der Waals surface area contributed by atoms with Crippen molar-refractivity contribution in [1.29, 1.82) is 0 Å². The van der Waals surface area contributed by atoms with E-state index in [0.29, 0.717) is 11.8 Å². The first kappa shape index (κ1) is 13.2. The van der Waals surface area contributed by atoms with Gasteiger partial charge in [-0.25, -0.2) is 4.98 Å². The molecular formula is C12H21NO2Si. The van der Waals surface area contributed by atoms with Crippen LogP contribution in [-0.4, -0.2) is 20.2 Å². The first-order chi connectivity index (χ1) is 7.39. The molecule has 0 radical (unpaired) electrons. The van der Waals surface area contributed by atoms with Crippen LogP contribution in [0.3, 0.4) is 0 Å². The molecule has 0 aliphatic heterocycles. The summed E-state index contributed by atoms with van der Waals surface area (Å²) in [5.41, 5.74) is 0.964. The molecule has 1 heterocycles. The third kappa shape index (κ3) is 4.77. The van der Waals surface area contributed by atoms with Crippen LogP contribution in [0.5, 0.6) is 5.88 Å². The molecule has 90 valence electrons. The molecule has 0 aliphatic rings. The highest BCUT2D eigenvalue weighted by molar-refractivity contribution is 6.65. The van der Waals surface area contributed by atoms with Crippen LogP contribution in [-0.2, 0) is 4.43 Å². The third-order valence-electron chi connectivity index (χ3n) is 1.98. The van der Waals surface area contributed by atoms with E-state index in [4.69, 9.17) is 8.85 Å². The Bertz CT molecular complexity index is 340. The van der Waals surface area contributed by atoms with Crippen LogP contribution in [0, 0.1) is 12.8 Å². The third-order valence-corrected chi connectivity index (χ3v) is 3.54. The quantitative estimate of drug-likeness (QED) is 0.740. The van der Waals surface area contributed by atoms with E-state index in [1.807, 2.05) is 38.2 Å². The Morgan fingerprint density at radius 2 is 2.00 bits per heavy atom. The lowest BCUT2D eigenvalue weighted by molar-refractivity contribution is 0.214. The fourth-order valence-electron chi connectivity index (χ4n) is 1.22. The van der Waals surface area contributed by atoms with Gasteiger partial charge >= 0.3 is 8.56 Å². The normalized spacial score (nSPS) is 11.9. The van der Waals surface area contributed by atoms with Crippen molar-refractivity contribution in [2.24, 2.45) is 5.92 Å². The summed E-state index contributed by atoms with van der Waals surface area (Å²) in [6.07, 6.45) is 0. The van der Waals surface area contributed by atoms with Gasteiger partial charge in [0, 0.05) is 12.3 Å². The number of aryl methyl sites for hydroxylation is 1. The fraction of sp³-hybridized carbons (Fsp3) is 0.583. The minimum atomic E-state index is -2.09. The predicted octanol–water partition coefficient (Wildman–Crippen LogP) is 3.14. The molecule has 0 amide bonds. The van der Waals surface area contributed by atoms with Crippen LogP contribution in [0.2, 0.25) is 13.1 Å². The van der Waals surface area contributed by atoms with E-state index in [1.54, 1.807) is 0 Å². The predicted molar refractivity (Wildman–Crippen MR) is 67.9 cm³/mol. The van der Waals surface area contributed by atoms with E-state index >= 15 is 0 Å². The average Bonchev–Trinajstić information content (AvgIpc) is 2.14. The molecule has 4 heteroatoms. The Balaban J connectivity index is 2.58. The number of aromatic nitrogens is 1. The van der Waals surface area contributed by atoms with E-state index in [-0.39, 0.29) is 0 Å². The Kier molecular flexibility index (Phi) is 4.50. The first-order valence-electron chi connectivity index (χ1n) is 5.66. The molecule has 1 aromatic heterocycles. The first-order valence-corrected chi connectivity index (χ1v) is 8.47. The highest BCUT2D eigenvalue weighted by Gasteiger charge is 2.27. The Hall–Kier alpha value is -0.873. The molecule has 3 nitrogen and oxygen atoms in total. The van der Waals surface area contributed by atoms with E-state index in [2.05, 4.69) is 18.8 Å². The van der Waals surface area contributed by atoms with Crippen molar-refractivity contribution in [3.8, 4) is 5.88 Å². The summed E-state index contributed by atoms with van der Waals surface area (Å²) >= 11 is 0. The van der Waals surface area contributed by atoms with Gasteiger partial charge in [-0.2, -0.15) is 0 Å². The summed E-state index contributed by atoms with van der Waals surface area (Å²) in [5.74, 6) is 1.20. The fourth-order valence-corrected chi connectivity index (χ4v) is 2.63. The van der Waals surface area contributed by atoms with Gasteiger partial charge in [-0.05, 0) is 38.1 Å². The van der Waals surface area contributed by atoms with Crippen molar-refractivity contribution in [2.75, 3.05) is 6.61 Å². The van der Waals surface area contributed by atoms with Crippen LogP contribution in [0.1, 0.15) is 19.5 Å². The molecule has 0 N–H and O–H groups in total. The van der Waals surface area contributed by atoms with Gasteiger partial charge in [0.1, 0.15) is 0 Å². The van der Waals surface area contributed by atoms with Gasteiger partial charge < -0.3 is 8.85 Å².